The Morgan fingerprint density at radius 3 is 2.69 bits per heavy atom. The molecule has 0 aromatic heterocycles. The highest BCUT2D eigenvalue weighted by atomic mass is 16.5. The van der Waals surface area contributed by atoms with Crippen molar-refractivity contribution in [2.24, 2.45) is 5.92 Å². The first kappa shape index (κ1) is 14.5. The number of esters is 1. The molecule has 0 aromatic rings. The van der Waals surface area contributed by atoms with Crippen LogP contribution in [0.1, 0.15) is 6.92 Å². The van der Waals surface area contributed by atoms with Gasteiger partial charge in [0.2, 0.25) is 5.91 Å². The molecule has 1 amide bonds. The normalized spacial score (nSPS) is 11.4. The minimum absolute atomic E-state index is 0.106. The van der Waals surface area contributed by atoms with Crippen LogP contribution in [-0.2, 0) is 14.3 Å². The van der Waals surface area contributed by atoms with Crippen LogP contribution < -0.4 is 5.32 Å². The zero-order valence-electron chi connectivity index (χ0n) is 9.95. The summed E-state index contributed by atoms with van der Waals surface area (Å²) >= 11 is 0. The molecule has 0 saturated carbocycles. The van der Waals surface area contributed by atoms with Gasteiger partial charge in [-0.1, -0.05) is 12.8 Å². The molecule has 0 bridgehead atoms. The zero-order valence-corrected chi connectivity index (χ0v) is 9.95. The number of nitrogens with one attached hydrogen (secondary N) is 1. The van der Waals surface area contributed by atoms with Gasteiger partial charge in [-0.05, 0) is 0 Å². The number of nitrogens with zero attached hydrogens (tertiary/aromatic N) is 1. The smallest absolute Gasteiger partial charge is 0.310 e. The molecule has 0 saturated heterocycles. The predicted octanol–water partition coefficient (Wildman–Crippen LogP) is -0.523. The van der Waals surface area contributed by atoms with E-state index in [2.05, 4.69) is 16.0 Å². The number of methoxy groups -OCH3 is 1. The van der Waals surface area contributed by atoms with Crippen LogP contribution in [0.4, 0.5) is 0 Å². The maximum absolute atomic E-state index is 11.5. The summed E-state index contributed by atoms with van der Waals surface area (Å²) in [6.07, 6.45) is 5.03. The van der Waals surface area contributed by atoms with Crippen molar-refractivity contribution in [2.75, 3.05) is 33.8 Å². The van der Waals surface area contributed by atoms with Crippen LogP contribution in [0.5, 0.6) is 0 Å². The number of rotatable bonds is 6. The van der Waals surface area contributed by atoms with Gasteiger partial charge in [-0.15, -0.1) is 6.42 Å². The second kappa shape index (κ2) is 7.71. The van der Waals surface area contributed by atoms with Crippen LogP contribution in [-0.4, -0.2) is 50.6 Å². The molecule has 1 N–H and O–H groups in total. The quantitative estimate of drug-likeness (QED) is 0.376. The van der Waals surface area contributed by atoms with Gasteiger partial charge >= 0.3 is 5.97 Å². The summed E-state index contributed by atoms with van der Waals surface area (Å²) in [6.45, 7) is 2.58. The number of likely N-dealkylation sites (N-methyl/N-ethyl adjacent to an activating group) is 1. The van der Waals surface area contributed by atoms with Crippen molar-refractivity contribution >= 4 is 11.9 Å². The molecular formula is C11H18N2O3. The lowest BCUT2D eigenvalue weighted by molar-refractivity contribution is -0.146. The Morgan fingerprint density at radius 1 is 1.56 bits per heavy atom. The molecule has 1 atom stereocenters. The zero-order chi connectivity index (χ0) is 12.6. The Hall–Kier alpha value is -1.54. The predicted molar refractivity (Wildman–Crippen MR) is 60.5 cm³/mol. The summed E-state index contributed by atoms with van der Waals surface area (Å²) in [4.78, 5) is 24.1. The maximum atomic E-state index is 11.5. The van der Waals surface area contributed by atoms with E-state index in [0.717, 1.165) is 0 Å². The van der Waals surface area contributed by atoms with Crippen molar-refractivity contribution in [1.29, 1.82) is 0 Å². The lowest BCUT2D eigenvalue weighted by atomic mass is 10.2. The highest BCUT2D eigenvalue weighted by Crippen LogP contribution is 2.00. The number of terminal acetylenes is 1. The third-order valence-electron chi connectivity index (χ3n) is 2.08. The molecule has 0 aliphatic rings. The van der Waals surface area contributed by atoms with Gasteiger partial charge in [-0.2, -0.15) is 0 Å². The van der Waals surface area contributed by atoms with E-state index >= 15 is 0 Å². The number of carbonyl (C=O) groups excluding carboxylic acids is 2. The van der Waals surface area contributed by atoms with Crippen molar-refractivity contribution in [3.63, 3.8) is 0 Å². The fourth-order valence-electron chi connectivity index (χ4n) is 1.16. The van der Waals surface area contributed by atoms with Crippen LogP contribution in [0, 0.1) is 18.3 Å². The Balaban J connectivity index is 3.96. The molecule has 0 aliphatic carbocycles. The fourth-order valence-corrected chi connectivity index (χ4v) is 1.16. The highest BCUT2D eigenvalue weighted by molar-refractivity contribution is 5.79. The Kier molecular flexibility index (Phi) is 6.97. The lowest BCUT2D eigenvalue weighted by Crippen LogP contribution is -2.39. The highest BCUT2D eigenvalue weighted by Gasteiger charge is 2.18. The number of carbonyl (C=O) groups is 2. The Morgan fingerprint density at radius 2 is 2.19 bits per heavy atom. The molecule has 0 heterocycles. The first-order chi connectivity index (χ1) is 7.52. The van der Waals surface area contributed by atoms with Crippen molar-refractivity contribution < 1.29 is 14.3 Å². The van der Waals surface area contributed by atoms with E-state index in [1.54, 1.807) is 14.0 Å². The summed E-state index contributed by atoms with van der Waals surface area (Å²) in [7, 11) is 2.97. The van der Waals surface area contributed by atoms with Gasteiger partial charge in [-0.25, -0.2) is 0 Å². The first-order valence-corrected chi connectivity index (χ1v) is 4.98. The Labute approximate surface area is 96.1 Å². The molecule has 0 spiro atoms. The summed E-state index contributed by atoms with van der Waals surface area (Å²) in [5.41, 5.74) is 0. The van der Waals surface area contributed by atoms with Crippen molar-refractivity contribution in [3.8, 4) is 12.3 Å². The standard InChI is InChI=1S/C11H18N2O3/c1-5-6-12-7-10(14)13(3)8-9(2)11(15)16-4/h1,9,12H,6-8H2,2-4H3. The van der Waals surface area contributed by atoms with Crippen LogP contribution in [0.15, 0.2) is 0 Å². The summed E-state index contributed by atoms with van der Waals surface area (Å²) in [5.74, 6) is 1.62. The van der Waals surface area contributed by atoms with E-state index in [1.807, 2.05) is 0 Å². The monoisotopic (exact) mass is 226 g/mol. The topological polar surface area (TPSA) is 58.6 Å². The third-order valence-corrected chi connectivity index (χ3v) is 2.08. The third kappa shape index (κ3) is 5.37. The van der Waals surface area contributed by atoms with Crippen LogP contribution in [0.25, 0.3) is 0 Å². The summed E-state index contributed by atoms with van der Waals surface area (Å²) in [5, 5.41) is 2.79. The van der Waals surface area contributed by atoms with E-state index in [9.17, 15) is 9.59 Å². The number of hydrogen-bond acceptors (Lipinski definition) is 4. The molecule has 5 heteroatoms. The number of ether oxygens (including phenoxy) is 1. The summed E-state index contributed by atoms with van der Waals surface area (Å²) in [6, 6.07) is 0. The van der Waals surface area contributed by atoms with Gasteiger partial charge in [0.05, 0.1) is 26.1 Å². The second-order valence-electron chi connectivity index (χ2n) is 3.51. The van der Waals surface area contributed by atoms with Gasteiger partial charge in [0.1, 0.15) is 0 Å². The Bertz CT molecular complexity index is 283. The fraction of sp³-hybridized carbons (Fsp3) is 0.636. The maximum Gasteiger partial charge on any atom is 0.310 e. The molecule has 5 nitrogen and oxygen atoms in total. The largest absolute Gasteiger partial charge is 0.469 e. The molecule has 16 heavy (non-hydrogen) atoms. The van der Waals surface area contributed by atoms with E-state index in [1.165, 1.54) is 12.0 Å². The summed E-state index contributed by atoms with van der Waals surface area (Å²) < 4.78 is 4.57. The average molecular weight is 226 g/mol. The molecular weight excluding hydrogens is 208 g/mol. The van der Waals surface area contributed by atoms with Crippen LogP contribution in [0.3, 0.4) is 0 Å². The molecule has 0 radical (unpaired) electrons. The van der Waals surface area contributed by atoms with Gasteiger partial charge in [0.15, 0.2) is 0 Å². The average Bonchev–Trinajstić information content (AvgIpc) is 2.27. The van der Waals surface area contributed by atoms with E-state index in [0.29, 0.717) is 13.1 Å². The molecule has 1 unspecified atom stereocenters. The van der Waals surface area contributed by atoms with E-state index < -0.39 is 0 Å². The van der Waals surface area contributed by atoms with Crippen molar-refractivity contribution in [2.45, 2.75) is 6.92 Å². The van der Waals surface area contributed by atoms with Crippen LogP contribution >= 0.6 is 0 Å². The van der Waals surface area contributed by atoms with E-state index in [-0.39, 0.29) is 24.3 Å². The van der Waals surface area contributed by atoms with E-state index in [4.69, 9.17) is 6.42 Å². The molecule has 0 rings (SSSR count). The van der Waals surface area contributed by atoms with Gasteiger partial charge in [-0.3, -0.25) is 14.9 Å². The molecule has 0 aliphatic heterocycles. The number of hydrogen-bond donors (Lipinski definition) is 1. The van der Waals surface area contributed by atoms with Crippen LogP contribution in [0.2, 0.25) is 0 Å². The molecule has 0 aromatic carbocycles. The number of amides is 1. The van der Waals surface area contributed by atoms with Crippen molar-refractivity contribution in [1.82, 2.24) is 10.2 Å². The lowest BCUT2D eigenvalue weighted by Gasteiger charge is -2.20. The SMILES string of the molecule is C#CCNCC(=O)N(C)CC(C)C(=O)OC. The van der Waals surface area contributed by atoms with Gasteiger partial charge in [0, 0.05) is 13.6 Å². The molecule has 0 fully saturated rings. The molecule has 90 valence electrons. The van der Waals surface area contributed by atoms with Gasteiger partial charge in [0.25, 0.3) is 0 Å². The minimum atomic E-state index is -0.327. The second-order valence-corrected chi connectivity index (χ2v) is 3.51. The first-order valence-electron chi connectivity index (χ1n) is 4.98. The minimum Gasteiger partial charge on any atom is -0.469 e. The van der Waals surface area contributed by atoms with Crippen molar-refractivity contribution in [3.05, 3.63) is 0 Å². The van der Waals surface area contributed by atoms with Gasteiger partial charge < -0.3 is 9.64 Å².